The maximum atomic E-state index is 2.31. The summed E-state index contributed by atoms with van der Waals surface area (Å²) in [5.74, 6) is 0. The third-order valence-corrected chi connectivity index (χ3v) is 5.01. The fourth-order valence-corrected chi connectivity index (χ4v) is 3.02. The smallest absolute Gasteiger partial charge is 0.240 e. The molecule has 0 aromatic carbocycles. The van der Waals surface area contributed by atoms with Crippen molar-refractivity contribution in [3.05, 3.63) is 18.7 Å². The predicted octanol–water partition coefficient (Wildman–Crippen LogP) is 1.83. The molecule has 0 aliphatic carbocycles. The molecule has 0 N–H and O–H groups in total. The number of rotatable bonds is 5. The molecule has 0 radical (unpaired) electrons. The molecule has 0 saturated carbocycles. The molecule has 0 unspecified atom stereocenters. The molecule has 1 rings (SSSR count). The molecule has 0 bridgehead atoms. The van der Waals surface area contributed by atoms with Crippen LogP contribution in [0.3, 0.4) is 0 Å². The number of aromatic nitrogens is 2. The Hall–Kier alpha value is -0.360. The standard InChI is InChI=1S/C10H20N2P/c1-4-13(5-2)9-8-12-7-6-11(3)10-12/h6-7,10H,4-5,8-9H2,1-3H3/q+1. The summed E-state index contributed by atoms with van der Waals surface area (Å²) < 4.78 is 4.38. The van der Waals surface area contributed by atoms with Crippen LogP contribution in [0.25, 0.3) is 0 Å². The van der Waals surface area contributed by atoms with Crippen molar-refractivity contribution in [3.8, 4) is 0 Å². The molecule has 74 valence electrons. The van der Waals surface area contributed by atoms with Gasteiger partial charge in [0.1, 0.15) is 12.4 Å². The highest BCUT2D eigenvalue weighted by atomic mass is 31.1. The Labute approximate surface area is 82.3 Å². The zero-order chi connectivity index (χ0) is 9.68. The van der Waals surface area contributed by atoms with E-state index < -0.39 is 0 Å². The van der Waals surface area contributed by atoms with E-state index in [1.807, 2.05) is 0 Å². The maximum Gasteiger partial charge on any atom is 0.243 e. The molecule has 0 fully saturated rings. The minimum atomic E-state index is 0.299. The van der Waals surface area contributed by atoms with Gasteiger partial charge in [0.05, 0.1) is 13.6 Å². The molecule has 1 heterocycles. The average molecular weight is 199 g/mol. The van der Waals surface area contributed by atoms with Crippen LogP contribution in [0.15, 0.2) is 18.7 Å². The molecule has 0 aliphatic heterocycles. The molecule has 0 spiro atoms. The Bertz CT molecular complexity index is 241. The fraction of sp³-hybridized carbons (Fsp3) is 0.700. The van der Waals surface area contributed by atoms with Crippen LogP contribution < -0.4 is 4.57 Å². The number of nitrogens with zero attached hydrogens (tertiary/aromatic N) is 2. The third-order valence-electron chi connectivity index (χ3n) is 2.39. The summed E-state index contributed by atoms with van der Waals surface area (Å²) in [6.45, 7) is 5.81. The van der Waals surface area contributed by atoms with Gasteiger partial charge in [0, 0.05) is 6.16 Å². The third kappa shape index (κ3) is 3.48. The van der Waals surface area contributed by atoms with Crippen molar-refractivity contribution in [2.75, 3.05) is 18.5 Å². The first-order chi connectivity index (χ1) is 6.26. The van der Waals surface area contributed by atoms with Crippen molar-refractivity contribution in [1.82, 2.24) is 4.57 Å². The van der Waals surface area contributed by atoms with E-state index in [2.05, 4.69) is 48.8 Å². The van der Waals surface area contributed by atoms with Gasteiger partial charge < -0.3 is 0 Å². The van der Waals surface area contributed by atoms with Crippen LogP contribution >= 0.6 is 7.92 Å². The van der Waals surface area contributed by atoms with Gasteiger partial charge >= 0.3 is 0 Å². The molecular weight excluding hydrogens is 179 g/mol. The summed E-state index contributed by atoms with van der Waals surface area (Å²) in [6.07, 6.45) is 10.5. The van der Waals surface area contributed by atoms with E-state index in [-0.39, 0.29) is 0 Å². The van der Waals surface area contributed by atoms with Crippen LogP contribution in [0.2, 0.25) is 0 Å². The summed E-state index contributed by atoms with van der Waals surface area (Å²) in [6, 6.07) is 0. The van der Waals surface area contributed by atoms with Crippen molar-refractivity contribution < 1.29 is 4.57 Å². The van der Waals surface area contributed by atoms with Crippen molar-refractivity contribution in [2.24, 2.45) is 7.05 Å². The van der Waals surface area contributed by atoms with Crippen molar-refractivity contribution in [3.63, 3.8) is 0 Å². The number of imidazole rings is 1. The highest BCUT2D eigenvalue weighted by Gasteiger charge is 2.05. The van der Waals surface area contributed by atoms with Crippen molar-refractivity contribution in [2.45, 2.75) is 20.4 Å². The summed E-state index contributed by atoms with van der Waals surface area (Å²) in [4.78, 5) is 0. The Morgan fingerprint density at radius 1 is 1.31 bits per heavy atom. The molecule has 0 aliphatic rings. The van der Waals surface area contributed by atoms with Gasteiger partial charge in [-0.05, 0) is 12.3 Å². The van der Waals surface area contributed by atoms with E-state index >= 15 is 0 Å². The minimum absolute atomic E-state index is 0.299. The van der Waals surface area contributed by atoms with E-state index in [0.717, 1.165) is 0 Å². The van der Waals surface area contributed by atoms with Crippen LogP contribution in [-0.4, -0.2) is 23.1 Å². The molecule has 2 nitrogen and oxygen atoms in total. The zero-order valence-electron chi connectivity index (χ0n) is 8.90. The van der Waals surface area contributed by atoms with E-state index in [4.69, 9.17) is 0 Å². The molecule has 3 heteroatoms. The predicted molar refractivity (Wildman–Crippen MR) is 58.5 cm³/mol. The molecule has 0 atom stereocenters. The van der Waals surface area contributed by atoms with Crippen LogP contribution in [0.1, 0.15) is 13.8 Å². The van der Waals surface area contributed by atoms with E-state index in [0.29, 0.717) is 7.92 Å². The van der Waals surface area contributed by atoms with Gasteiger partial charge in [0.15, 0.2) is 0 Å². The van der Waals surface area contributed by atoms with Crippen LogP contribution in [0.4, 0.5) is 0 Å². The lowest BCUT2D eigenvalue weighted by Gasteiger charge is -2.10. The molecule has 1 aromatic rings. The van der Waals surface area contributed by atoms with Gasteiger partial charge in [0.2, 0.25) is 6.33 Å². The first-order valence-electron chi connectivity index (χ1n) is 4.99. The molecular formula is C10H20N2P+. The van der Waals surface area contributed by atoms with E-state index in [9.17, 15) is 0 Å². The second-order valence-electron chi connectivity index (χ2n) is 3.34. The summed E-state index contributed by atoms with van der Waals surface area (Å²) in [5, 5.41) is 0. The SMILES string of the molecule is CCP(CC)CCn1cc[n+](C)c1. The van der Waals surface area contributed by atoms with Crippen molar-refractivity contribution >= 4 is 7.92 Å². The van der Waals surface area contributed by atoms with Gasteiger partial charge in [-0.1, -0.05) is 13.8 Å². The summed E-state index contributed by atoms with van der Waals surface area (Å²) >= 11 is 0. The quantitative estimate of drug-likeness (QED) is 0.505. The molecule has 0 amide bonds. The normalized spacial score (nSPS) is 11.1. The Morgan fingerprint density at radius 3 is 2.46 bits per heavy atom. The molecule has 1 aromatic heterocycles. The highest BCUT2D eigenvalue weighted by molar-refractivity contribution is 7.57. The first kappa shape index (κ1) is 10.7. The Balaban J connectivity index is 2.33. The molecule has 13 heavy (non-hydrogen) atoms. The van der Waals surface area contributed by atoms with Gasteiger partial charge in [-0.3, -0.25) is 0 Å². The summed E-state index contributed by atoms with van der Waals surface area (Å²) in [5.41, 5.74) is 0. The minimum Gasteiger partial charge on any atom is -0.240 e. The van der Waals surface area contributed by atoms with Gasteiger partial charge in [-0.25, -0.2) is 9.13 Å². The maximum absolute atomic E-state index is 2.31. The average Bonchev–Trinajstić information content (AvgIpc) is 2.53. The largest absolute Gasteiger partial charge is 0.243 e. The zero-order valence-corrected chi connectivity index (χ0v) is 9.80. The number of hydrogen-bond acceptors (Lipinski definition) is 0. The Morgan fingerprint density at radius 2 is 2.00 bits per heavy atom. The topological polar surface area (TPSA) is 8.81 Å². The fourth-order valence-electron chi connectivity index (χ4n) is 1.43. The van der Waals surface area contributed by atoms with Gasteiger partial charge in [0.25, 0.3) is 0 Å². The lowest BCUT2D eigenvalue weighted by Crippen LogP contribution is -2.23. The lowest BCUT2D eigenvalue weighted by atomic mass is 10.7. The number of aryl methyl sites for hydroxylation is 2. The van der Waals surface area contributed by atoms with Crippen LogP contribution in [-0.2, 0) is 13.6 Å². The van der Waals surface area contributed by atoms with Crippen LogP contribution in [0.5, 0.6) is 0 Å². The van der Waals surface area contributed by atoms with E-state index in [1.165, 1.54) is 25.0 Å². The lowest BCUT2D eigenvalue weighted by molar-refractivity contribution is -0.671. The first-order valence-corrected chi connectivity index (χ1v) is 6.89. The summed E-state index contributed by atoms with van der Waals surface area (Å²) in [7, 11) is 2.37. The second-order valence-corrected chi connectivity index (χ2v) is 6.40. The molecule has 0 saturated heterocycles. The van der Waals surface area contributed by atoms with Crippen LogP contribution in [0, 0.1) is 0 Å². The van der Waals surface area contributed by atoms with Gasteiger partial charge in [-0.2, -0.15) is 0 Å². The van der Waals surface area contributed by atoms with Gasteiger partial charge in [-0.15, -0.1) is 7.92 Å². The monoisotopic (exact) mass is 199 g/mol. The second kappa shape index (κ2) is 5.39. The van der Waals surface area contributed by atoms with Crippen molar-refractivity contribution in [1.29, 1.82) is 0 Å². The Kier molecular flexibility index (Phi) is 4.44. The van der Waals surface area contributed by atoms with E-state index in [1.54, 1.807) is 0 Å². The number of hydrogen-bond donors (Lipinski definition) is 0. The highest BCUT2D eigenvalue weighted by Crippen LogP contribution is 2.33.